The van der Waals surface area contributed by atoms with E-state index in [0.29, 0.717) is 5.56 Å². The van der Waals surface area contributed by atoms with Crippen LogP contribution in [-0.2, 0) is 4.79 Å². The summed E-state index contributed by atoms with van der Waals surface area (Å²) in [7, 11) is 0. The molecule has 5 heteroatoms. The average Bonchev–Trinajstić information content (AvgIpc) is 2.05. The first kappa shape index (κ1) is 14.7. The van der Waals surface area contributed by atoms with Gasteiger partial charge in [-0.3, -0.25) is 4.79 Å². The lowest BCUT2D eigenvalue weighted by atomic mass is 10.1. The van der Waals surface area contributed by atoms with E-state index < -0.39 is 12.0 Å². The number of carboxylic acids is 1. The lowest BCUT2D eigenvalue weighted by molar-refractivity contribution is -0.138. The second-order valence-corrected chi connectivity index (χ2v) is 2.23. The van der Waals surface area contributed by atoms with Crippen LogP contribution in [0.4, 0.5) is 0 Å². The van der Waals surface area contributed by atoms with Gasteiger partial charge in [0.15, 0.2) is 0 Å². The van der Waals surface area contributed by atoms with Crippen molar-refractivity contribution in [2.75, 3.05) is 0 Å². The Bertz CT molecular complexity index is 254. The highest BCUT2D eigenvalue weighted by Gasteiger charge is 2.12. The molecule has 0 bridgehead atoms. The smallest absolute Gasteiger partial charge is 0.325 e. The van der Waals surface area contributed by atoms with Gasteiger partial charge in [0.05, 0.1) is 0 Å². The van der Waals surface area contributed by atoms with Crippen molar-refractivity contribution in [3.8, 4) is 0 Å². The third-order valence-electron chi connectivity index (χ3n) is 1.42. The van der Waals surface area contributed by atoms with Crippen LogP contribution in [0.2, 0.25) is 0 Å². The summed E-state index contributed by atoms with van der Waals surface area (Å²) in [6.45, 7) is 0. The minimum atomic E-state index is -1.00. The topological polar surface area (TPSA) is 63.3 Å². The van der Waals surface area contributed by atoms with Gasteiger partial charge in [-0.25, -0.2) is 0 Å². The first-order valence-electron chi connectivity index (χ1n) is 3.25. The van der Waals surface area contributed by atoms with Gasteiger partial charge in [0.1, 0.15) is 6.04 Å². The van der Waals surface area contributed by atoms with Gasteiger partial charge in [0, 0.05) is 0 Å². The monoisotopic (exact) mass is 223 g/mol. The average molecular weight is 224 g/mol. The van der Waals surface area contributed by atoms with Crippen molar-refractivity contribution < 1.29 is 9.90 Å². The third kappa shape index (κ3) is 4.12. The van der Waals surface area contributed by atoms with Crippen LogP contribution in [0.5, 0.6) is 0 Å². The molecule has 1 unspecified atom stereocenters. The maximum atomic E-state index is 10.4. The zero-order valence-electron chi connectivity index (χ0n) is 6.71. The number of aliphatic carboxylic acids is 1. The first-order valence-corrected chi connectivity index (χ1v) is 3.25. The molecule has 3 N–H and O–H groups in total. The molecular weight excluding hydrogens is 213 g/mol. The minimum Gasteiger partial charge on any atom is -0.480 e. The lowest BCUT2D eigenvalue weighted by Crippen LogP contribution is -2.20. The van der Waals surface area contributed by atoms with Gasteiger partial charge in [0.2, 0.25) is 0 Å². The van der Waals surface area contributed by atoms with Crippen LogP contribution in [0.3, 0.4) is 0 Å². The Hall–Kier alpha value is -0.770. The van der Waals surface area contributed by atoms with E-state index in [0.717, 1.165) is 0 Å². The molecule has 0 aliphatic heterocycles. The van der Waals surface area contributed by atoms with Gasteiger partial charge in [-0.15, -0.1) is 24.8 Å². The van der Waals surface area contributed by atoms with E-state index in [1.807, 2.05) is 6.07 Å². The number of carboxylic acid groups (broad SMARTS) is 1. The Kier molecular flexibility index (Phi) is 7.61. The van der Waals surface area contributed by atoms with Crippen LogP contribution in [0.25, 0.3) is 0 Å². The predicted molar refractivity (Wildman–Crippen MR) is 55.5 cm³/mol. The van der Waals surface area contributed by atoms with Crippen molar-refractivity contribution in [2.45, 2.75) is 6.04 Å². The van der Waals surface area contributed by atoms with Crippen LogP contribution in [0.15, 0.2) is 30.3 Å². The highest BCUT2D eigenvalue weighted by Crippen LogP contribution is 2.08. The SMILES string of the molecule is Cl.Cl.NC(C(=O)O)c1ccccc1. The largest absolute Gasteiger partial charge is 0.480 e. The molecule has 74 valence electrons. The van der Waals surface area contributed by atoms with Gasteiger partial charge in [-0.05, 0) is 5.56 Å². The van der Waals surface area contributed by atoms with Gasteiger partial charge >= 0.3 is 5.97 Å². The fraction of sp³-hybridized carbons (Fsp3) is 0.125. The molecule has 1 atom stereocenters. The predicted octanol–water partition coefficient (Wildman–Crippen LogP) is 1.61. The zero-order chi connectivity index (χ0) is 8.27. The molecule has 3 nitrogen and oxygen atoms in total. The molecule has 0 heterocycles. The van der Waals surface area contributed by atoms with E-state index in [1.54, 1.807) is 24.3 Å². The molecule has 0 saturated carbocycles. The molecule has 13 heavy (non-hydrogen) atoms. The Morgan fingerprint density at radius 2 is 1.69 bits per heavy atom. The molecule has 0 aromatic heterocycles. The van der Waals surface area contributed by atoms with Gasteiger partial charge in [0.25, 0.3) is 0 Å². The van der Waals surface area contributed by atoms with Crippen LogP contribution >= 0.6 is 24.8 Å². The van der Waals surface area contributed by atoms with Crippen molar-refractivity contribution in [1.29, 1.82) is 0 Å². The molecule has 0 radical (unpaired) electrons. The summed E-state index contributed by atoms with van der Waals surface area (Å²) in [5.74, 6) is -1.00. The highest BCUT2D eigenvalue weighted by atomic mass is 35.5. The Morgan fingerprint density at radius 1 is 1.23 bits per heavy atom. The normalized spacial score (nSPS) is 10.5. The summed E-state index contributed by atoms with van der Waals surface area (Å²) < 4.78 is 0. The fourth-order valence-corrected chi connectivity index (χ4v) is 0.803. The van der Waals surface area contributed by atoms with Crippen molar-refractivity contribution in [3.63, 3.8) is 0 Å². The van der Waals surface area contributed by atoms with Crippen molar-refractivity contribution in [1.82, 2.24) is 0 Å². The Balaban J connectivity index is 0. The van der Waals surface area contributed by atoms with Crippen molar-refractivity contribution >= 4 is 30.8 Å². The Labute approximate surface area is 88.8 Å². The van der Waals surface area contributed by atoms with Gasteiger partial charge in [-0.2, -0.15) is 0 Å². The number of rotatable bonds is 2. The van der Waals surface area contributed by atoms with E-state index in [-0.39, 0.29) is 24.8 Å². The van der Waals surface area contributed by atoms with Crippen molar-refractivity contribution in [3.05, 3.63) is 35.9 Å². The third-order valence-corrected chi connectivity index (χ3v) is 1.42. The minimum absolute atomic E-state index is 0. The van der Waals surface area contributed by atoms with Crippen LogP contribution < -0.4 is 5.73 Å². The van der Waals surface area contributed by atoms with E-state index in [9.17, 15) is 4.79 Å². The number of carbonyl (C=O) groups is 1. The molecule has 1 rings (SSSR count). The van der Waals surface area contributed by atoms with E-state index >= 15 is 0 Å². The maximum absolute atomic E-state index is 10.4. The standard InChI is InChI=1S/C8H9NO2.2ClH/c9-7(8(10)11)6-4-2-1-3-5-6;;/h1-5,7H,9H2,(H,10,11);2*1H. The quantitative estimate of drug-likeness (QED) is 0.802. The maximum Gasteiger partial charge on any atom is 0.325 e. The molecular formula is C8H11Cl2NO2. The summed E-state index contributed by atoms with van der Waals surface area (Å²) in [6, 6.07) is 7.82. The molecule has 0 spiro atoms. The summed E-state index contributed by atoms with van der Waals surface area (Å²) in [4.78, 5) is 10.4. The zero-order valence-corrected chi connectivity index (χ0v) is 8.35. The number of halogens is 2. The molecule has 0 aliphatic carbocycles. The first-order chi connectivity index (χ1) is 5.22. The van der Waals surface area contributed by atoms with E-state index in [1.165, 1.54) is 0 Å². The summed E-state index contributed by atoms with van der Waals surface area (Å²) in [5.41, 5.74) is 5.96. The molecule has 1 aromatic rings. The second-order valence-electron chi connectivity index (χ2n) is 2.23. The Morgan fingerprint density at radius 3 is 2.08 bits per heavy atom. The van der Waals surface area contributed by atoms with Crippen LogP contribution in [0.1, 0.15) is 11.6 Å². The lowest BCUT2D eigenvalue weighted by Gasteiger charge is -2.04. The van der Waals surface area contributed by atoms with Gasteiger partial charge in [-0.1, -0.05) is 30.3 Å². The number of hydrogen-bond acceptors (Lipinski definition) is 2. The summed E-state index contributed by atoms with van der Waals surface area (Å²) in [6.07, 6.45) is 0. The molecule has 1 aromatic carbocycles. The number of hydrogen-bond donors (Lipinski definition) is 2. The molecule has 0 fully saturated rings. The molecule has 0 amide bonds. The van der Waals surface area contributed by atoms with Crippen LogP contribution in [0, 0.1) is 0 Å². The summed E-state index contributed by atoms with van der Waals surface area (Å²) in [5, 5.41) is 8.51. The van der Waals surface area contributed by atoms with Crippen LogP contribution in [-0.4, -0.2) is 11.1 Å². The summed E-state index contributed by atoms with van der Waals surface area (Å²) >= 11 is 0. The van der Waals surface area contributed by atoms with Crippen molar-refractivity contribution in [2.24, 2.45) is 5.73 Å². The second kappa shape index (κ2) is 6.71. The fourth-order valence-electron chi connectivity index (χ4n) is 0.803. The van der Waals surface area contributed by atoms with Gasteiger partial charge < -0.3 is 10.8 Å². The van der Waals surface area contributed by atoms with E-state index in [2.05, 4.69) is 0 Å². The molecule has 0 aliphatic rings. The highest BCUT2D eigenvalue weighted by molar-refractivity contribution is 5.85. The molecule has 0 saturated heterocycles. The number of nitrogens with two attached hydrogens (primary N) is 1. The number of benzene rings is 1. The van der Waals surface area contributed by atoms with E-state index in [4.69, 9.17) is 10.8 Å².